The number of nitrogen functional groups attached to an aromatic ring is 1. The summed E-state index contributed by atoms with van der Waals surface area (Å²) in [6.07, 6.45) is 0.402. The van der Waals surface area contributed by atoms with E-state index in [0.29, 0.717) is 5.69 Å². The molecule has 88 valence electrons. The second kappa shape index (κ2) is 5.02. The maximum atomic E-state index is 10.2. The van der Waals surface area contributed by atoms with Crippen LogP contribution in [0, 0.1) is 0 Å². The molecule has 0 aliphatic carbocycles. The van der Waals surface area contributed by atoms with E-state index in [4.69, 9.17) is 5.73 Å². The first-order valence-electron chi connectivity index (χ1n) is 5.83. The standard InChI is InChI=1S/C15H17NO/c1-2-11-6-8-12(9-7-11)15(17)13-4-3-5-14(16)10-13/h3-10,15,17H,2,16H2,1H3/t15-/m1/s1. The summed E-state index contributed by atoms with van der Waals surface area (Å²) in [5, 5.41) is 10.2. The van der Waals surface area contributed by atoms with E-state index in [1.807, 2.05) is 42.5 Å². The Kier molecular flexibility index (Phi) is 3.45. The van der Waals surface area contributed by atoms with Gasteiger partial charge in [-0.1, -0.05) is 43.3 Å². The molecule has 0 aliphatic heterocycles. The van der Waals surface area contributed by atoms with Crippen molar-refractivity contribution in [2.24, 2.45) is 0 Å². The van der Waals surface area contributed by atoms with Gasteiger partial charge in [0, 0.05) is 5.69 Å². The number of hydrogen-bond donors (Lipinski definition) is 2. The normalized spacial score (nSPS) is 12.4. The summed E-state index contributed by atoms with van der Waals surface area (Å²) in [6.45, 7) is 2.11. The molecule has 0 fully saturated rings. The van der Waals surface area contributed by atoms with Crippen molar-refractivity contribution >= 4 is 5.69 Å². The Labute approximate surface area is 102 Å². The van der Waals surface area contributed by atoms with Crippen LogP contribution < -0.4 is 5.73 Å². The minimum absolute atomic E-state index is 0.607. The Morgan fingerprint density at radius 3 is 2.35 bits per heavy atom. The predicted octanol–water partition coefficient (Wildman–Crippen LogP) is 2.91. The third-order valence-corrected chi connectivity index (χ3v) is 2.93. The highest BCUT2D eigenvalue weighted by Gasteiger charge is 2.09. The molecule has 0 bridgehead atoms. The van der Waals surface area contributed by atoms with Crippen LogP contribution in [-0.2, 0) is 6.42 Å². The fourth-order valence-electron chi connectivity index (χ4n) is 1.86. The zero-order chi connectivity index (χ0) is 12.3. The summed E-state index contributed by atoms with van der Waals surface area (Å²) in [5.41, 5.74) is 9.38. The van der Waals surface area contributed by atoms with Crippen LogP contribution in [0.2, 0.25) is 0 Å². The lowest BCUT2D eigenvalue weighted by molar-refractivity contribution is 0.220. The van der Waals surface area contributed by atoms with Crippen molar-refractivity contribution < 1.29 is 5.11 Å². The monoisotopic (exact) mass is 227 g/mol. The van der Waals surface area contributed by atoms with Crippen molar-refractivity contribution in [3.8, 4) is 0 Å². The van der Waals surface area contributed by atoms with Gasteiger partial charge in [-0.15, -0.1) is 0 Å². The van der Waals surface area contributed by atoms with E-state index in [2.05, 4.69) is 6.92 Å². The Hall–Kier alpha value is -1.80. The molecule has 0 aromatic heterocycles. The number of aliphatic hydroxyl groups is 1. The smallest absolute Gasteiger partial charge is 0.104 e. The number of nitrogens with two attached hydrogens (primary N) is 1. The molecule has 0 spiro atoms. The highest BCUT2D eigenvalue weighted by Crippen LogP contribution is 2.23. The molecule has 17 heavy (non-hydrogen) atoms. The van der Waals surface area contributed by atoms with E-state index in [1.54, 1.807) is 6.07 Å². The van der Waals surface area contributed by atoms with E-state index < -0.39 is 6.10 Å². The maximum absolute atomic E-state index is 10.2. The maximum Gasteiger partial charge on any atom is 0.104 e. The minimum Gasteiger partial charge on any atom is -0.399 e. The largest absolute Gasteiger partial charge is 0.399 e. The van der Waals surface area contributed by atoms with Crippen LogP contribution in [0.1, 0.15) is 29.7 Å². The molecule has 0 heterocycles. The summed E-state index contributed by atoms with van der Waals surface area (Å²) in [5.74, 6) is 0. The first-order valence-corrected chi connectivity index (χ1v) is 5.83. The summed E-state index contributed by atoms with van der Waals surface area (Å²) in [7, 11) is 0. The Bertz CT molecular complexity index is 491. The average Bonchev–Trinajstić information content (AvgIpc) is 2.38. The fourth-order valence-corrected chi connectivity index (χ4v) is 1.86. The molecule has 2 nitrogen and oxygen atoms in total. The van der Waals surface area contributed by atoms with Gasteiger partial charge >= 0.3 is 0 Å². The van der Waals surface area contributed by atoms with E-state index in [0.717, 1.165) is 17.5 Å². The van der Waals surface area contributed by atoms with Crippen LogP contribution in [0.15, 0.2) is 48.5 Å². The predicted molar refractivity (Wildman–Crippen MR) is 70.7 cm³/mol. The molecule has 1 atom stereocenters. The van der Waals surface area contributed by atoms with Crippen LogP contribution in [0.5, 0.6) is 0 Å². The van der Waals surface area contributed by atoms with Crippen molar-refractivity contribution in [3.05, 3.63) is 65.2 Å². The average molecular weight is 227 g/mol. The molecule has 0 amide bonds. The molecule has 2 heteroatoms. The summed E-state index contributed by atoms with van der Waals surface area (Å²) >= 11 is 0. The van der Waals surface area contributed by atoms with Gasteiger partial charge in [0.2, 0.25) is 0 Å². The number of benzene rings is 2. The molecule has 3 N–H and O–H groups in total. The molecule has 0 saturated carbocycles. The lowest BCUT2D eigenvalue weighted by atomic mass is 9.99. The van der Waals surface area contributed by atoms with Crippen LogP contribution in [0.25, 0.3) is 0 Å². The molecule has 2 aromatic rings. The molecule has 0 aliphatic rings. The lowest BCUT2D eigenvalue weighted by Crippen LogP contribution is -2.00. The van der Waals surface area contributed by atoms with Gasteiger partial charge in [0.1, 0.15) is 6.10 Å². The molecular weight excluding hydrogens is 210 g/mol. The van der Waals surface area contributed by atoms with Crippen molar-refractivity contribution in [1.82, 2.24) is 0 Å². The molecule has 0 saturated heterocycles. The van der Waals surface area contributed by atoms with Crippen molar-refractivity contribution in [1.29, 1.82) is 0 Å². The van der Waals surface area contributed by atoms with Crippen LogP contribution >= 0.6 is 0 Å². The third-order valence-electron chi connectivity index (χ3n) is 2.93. The number of rotatable bonds is 3. The Morgan fingerprint density at radius 1 is 1.06 bits per heavy atom. The highest BCUT2D eigenvalue weighted by atomic mass is 16.3. The molecule has 0 unspecified atom stereocenters. The minimum atomic E-state index is -0.607. The van der Waals surface area contributed by atoms with Crippen LogP contribution in [0.3, 0.4) is 0 Å². The first-order chi connectivity index (χ1) is 8.20. The van der Waals surface area contributed by atoms with Gasteiger partial charge in [-0.05, 0) is 35.2 Å². The summed E-state index contributed by atoms with van der Waals surface area (Å²) < 4.78 is 0. The number of hydrogen-bond acceptors (Lipinski definition) is 2. The van der Waals surface area contributed by atoms with E-state index in [1.165, 1.54) is 5.56 Å². The van der Waals surface area contributed by atoms with Gasteiger partial charge in [0.15, 0.2) is 0 Å². The van der Waals surface area contributed by atoms with Gasteiger partial charge in [0.25, 0.3) is 0 Å². The van der Waals surface area contributed by atoms with Crippen LogP contribution in [-0.4, -0.2) is 5.11 Å². The van der Waals surface area contributed by atoms with Crippen molar-refractivity contribution in [3.63, 3.8) is 0 Å². The molecule has 2 rings (SSSR count). The number of aryl methyl sites for hydroxylation is 1. The van der Waals surface area contributed by atoms with Crippen molar-refractivity contribution in [2.45, 2.75) is 19.4 Å². The SMILES string of the molecule is CCc1ccc([C@@H](O)c2cccc(N)c2)cc1. The van der Waals surface area contributed by atoms with E-state index in [-0.39, 0.29) is 0 Å². The fraction of sp³-hybridized carbons (Fsp3) is 0.200. The Balaban J connectivity index is 2.27. The zero-order valence-electron chi connectivity index (χ0n) is 9.93. The lowest BCUT2D eigenvalue weighted by Gasteiger charge is -2.12. The Morgan fingerprint density at radius 2 is 1.76 bits per heavy atom. The number of aliphatic hydroxyl groups excluding tert-OH is 1. The molecule has 0 radical (unpaired) electrons. The topological polar surface area (TPSA) is 46.2 Å². The second-order valence-corrected chi connectivity index (χ2v) is 4.17. The van der Waals surface area contributed by atoms with Crippen LogP contribution in [0.4, 0.5) is 5.69 Å². The summed E-state index contributed by atoms with van der Waals surface area (Å²) in [6, 6.07) is 15.4. The molecular formula is C15H17NO. The van der Waals surface area contributed by atoms with Crippen molar-refractivity contribution in [2.75, 3.05) is 5.73 Å². The second-order valence-electron chi connectivity index (χ2n) is 4.17. The third kappa shape index (κ3) is 2.66. The van der Waals surface area contributed by atoms with Gasteiger partial charge in [-0.2, -0.15) is 0 Å². The first kappa shape index (κ1) is 11.7. The van der Waals surface area contributed by atoms with Gasteiger partial charge in [-0.25, -0.2) is 0 Å². The quantitative estimate of drug-likeness (QED) is 0.792. The van der Waals surface area contributed by atoms with E-state index in [9.17, 15) is 5.11 Å². The van der Waals surface area contributed by atoms with Gasteiger partial charge < -0.3 is 10.8 Å². The molecule has 2 aromatic carbocycles. The van der Waals surface area contributed by atoms with Gasteiger partial charge in [-0.3, -0.25) is 0 Å². The number of anilines is 1. The zero-order valence-corrected chi connectivity index (χ0v) is 9.93. The van der Waals surface area contributed by atoms with E-state index >= 15 is 0 Å². The van der Waals surface area contributed by atoms with Gasteiger partial charge in [0.05, 0.1) is 0 Å². The highest BCUT2D eigenvalue weighted by molar-refractivity contribution is 5.43. The summed E-state index contributed by atoms with van der Waals surface area (Å²) in [4.78, 5) is 0.